The third-order valence-corrected chi connectivity index (χ3v) is 5.13. The number of halogens is 2. The largest absolute Gasteiger partial charge is 0.490 e. The molecule has 1 heterocycles. The quantitative estimate of drug-likeness (QED) is 0.450. The number of nitrogens with zero attached hydrogens (tertiary/aromatic N) is 2. The molecule has 0 aromatic heterocycles. The number of ether oxygens (including phenoxy) is 3. The second-order valence-corrected chi connectivity index (χ2v) is 7.69. The van der Waals surface area contributed by atoms with E-state index in [1.54, 1.807) is 30.5 Å². The molecule has 0 unspecified atom stereocenters. The number of morpholine rings is 1. The fourth-order valence-electron chi connectivity index (χ4n) is 2.96. The van der Waals surface area contributed by atoms with Crippen LogP contribution in [0, 0.1) is 0 Å². The zero-order chi connectivity index (χ0) is 22.1. The molecule has 2 aromatic rings. The third kappa shape index (κ3) is 7.40. The van der Waals surface area contributed by atoms with E-state index < -0.39 is 0 Å². The Balaban J connectivity index is 1.58. The molecule has 0 bridgehead atoms. The number of carbonyl (C=O) groups excluding carboxylic acids is 1. The van der Waals surface area contributed by atoms with E-state index in [1.165, 1.54) is 0 Å². The van der Waals surface area contributed by atoms with Gasteiger partial charge in [-0.15, -0.1) is 0 Å². The smallest absolute Gasteiger partial charge is 0.254 e. The normalized spacial score (nSPS) is 14.5. The van der Waals surface area contributed by atoms with Crippen molar-refractivity contribution in [1.29, 1.82) is 0 Å². The van der Waals surface area contributed by atoms with Crippen molar-refractivity contribution < 1.29 is 19.0 Å². The SMILES string of the molecule is CCOc1cc(/C=N\NC(=O)CN2CCOCC2)ccc1OCc1ccc(Cl)cc1Cl. The van der Waals surface area contributed by atoms with E-state index in [4.69, 9.17) is 37.4 Å². The first-order valence-corrected chi connectivity index (χ1v) is 10.8. The second kappa shape index (κ2) is 11.9. The first kappa shape index (κ1) is 23.3. The van der Waals surface area contributed by atoms with E-state index in [0.717, 1.165) is 24.2 Å². The number of hydrazone groups is 1. The van der Waals surface area contributed by atoms with Crippen molar-refractivity contribution in [3.05, 3.63) is 57.6 Å². The van der Waals surface area contributed by atoms with Gasteiger partial charge in [0, 0.05) is 28.7 Å². The maximum Gasteiger partial charge on any atom is 0.254 e. The second-order valence-electron chi connectivity index (χ2n) is 6.85. The summed E-state index contributed by atoms with van der Waals surface area (Å²) in [5.74, 6) is 1.00. The summed E-state index contributed by atoms with van der Waals surface area (Å²) in [7, 11) is 0. The maximum absolute atomic E-state index is 12.0. The van der Waals surface area contributed by atoms with Gasteiger partial charge in [-0.2, -0.15) is 5.10 Å². The molecule has 0 spiro atoms. The lowest BCUT2D eigenvalue weighted by Crippen LogP contribution is -2.42. The summed E-state index contributed by atoms with van der Waals surface area (Å²) >= 11 is 12.1. The molecule has 0 saturated carbocycles. The molecular formula is C22H25Cl2N3O4. The van der Waals surface area contributed by atoms with Gasteiger partial charge >= 0.3 is 0 Å². The Kier molecular flexibility index (Phi) is 8.97. The average molecular weight is 466 g/mol. The molecule has 1 saturated heterocycles. The topological polar surface area (TPSA) is 72.4 Å². The number of amides is 1. The molecule has 0 atom stereocenters. The molecule has 1 aliphatic rings. The van der Waals surface area contributed by atoms with Gasteiger partial charge in [-0.25, -0.2) is 5.43 Å². The predicted molar refractivity (Wildman–Crippen MR) is 121 cm³/mol. The standard InChI is InChI=1S/C22H25Cl2N3O4/c1-2-30-21-11-16(13-25-26-22(28)14-27-7-9-29-10-8-27)3-6-20(21)31-15-17-4-5-18(23)12-19(17)24/h3-6,11-13H,2,7-10,14-15H2,1H3,(H,26,28)/b25-13-. The van der Waals surface area contributed by atoms with E-state index in [9.17, 15) is 4.79 Å². The lowest BCUT2D eigenvalue weighted by atomic mass is 10.2. The van der Waals surface area contributed by atoms with Crippen LogP contribution in [-0.4, -0.2) is 56.5 Å². The van der Waals surface area contributed by atoms with Crippen LogP contribution in [0.4, 0.5) is 0 Å². The molecule has 2 aromatic carbocycles. The van der Waals surface area contributed by atoms with Crippen molar-refractivity contribution >= 4 is 35.3 Å². The van der Waals surface area contributed by atoms with Gasteiger partial charge in [0.15, 0.2) is 11.5 Å². The first-order valence-electron chi connectivity index (χ1n) is 10.0. The molecule has 9 heteroatoms. The van der Waals surface area contributed by atoms with E-state index in [0.29, 0.717) is 47.9 Å². The molecule has 1 amide bonds. The Bertz CT molecular complexity index is 918. The zero-order valence-electron chi connectivity index (χ0n) is 17.3. The number of nitrogens with one attached hydrogen (secondary N) is 1. The molecular weight excluding hydrogens is 441 g/mol. The summed E-state index contributed by atoms with van der Waals surface area (Å²) in [5, 5.41) is 5.16. The highest BCUT2D eigenvalue weighted by Crippen LogP contribution is 2.30. The minimum Gasteiger partial charge on any atom is -0.490 e. The zero-order valence-corrected chi connectivity index (χ0v) is 18.8. The van der Waals surface area contributed by atoms with Gasteiger partial charge in [0.25, 0.3) is 5.91 Å². The highest BCUT2D eigenvalue weighted by atomic mass is 35.5. The summed E-state index contributed by atoms with van der Waals surface area (Å²) < 4.78 is 16.9. The van der Waals surface area contributed by atoms with Crippen LogP contribution in [0.3, 0.4) is 0 Å². The first-order chi connectivity index (χ1) is 15.0. The van der Waals surface area contributed by atoms with Crippen LogP contribution in [0.2, 0.25) is 10.0 Å². The Morgan fingerprint density at radius 3 is 2.71 bits per heavy atom. The fourth-order valence-corrected chi connectivity index (χ4v) is 3.43. The molecule has 166 valence electrons. The van der Waals surface area contributed by atoms with Crippen molar-refractivity contribution in [2.45, 2.75) is 13.5 Å². The van der Waals surface area contributed by atoms with Crippen LogP contribution in [0.25, 0.3) is 0 Å². The average Bonchev–Trinajstić information content (AvgIpc) is 2.75. The summed E-state index contributed by atoms with van der Waals surface area (Å²) in [6, 6.07) is 10.7. The minimum atomic E-state index is -0.164. The number of rotatable bonds is 9. The van der Waals surface area contributed by atoms with Crippen LogP contribution in [0.15, 0.2) is 41.5 Å². The Morgan fingerprint density at radius 2 is 1.97 bits per heavy atom. The fraction of sp³-hybridized carbons (Fsp3) is 0.364. The number of benzene rings is 2. The molecule has 1 aliphatic heterocycles. The summed E-state index contributed by atoms with van der Waals surface area (Å²) in [6.07, 6.45) is 1.57. The van der Waals surface area contributed by atoms with E-state index in [-0.39, 0.29) is 12.5 Å². The van der Waals surface area contributed by atoms with Crippen LogP contribution in [0.1, 0.15) is 18.1 Å². The number of hydrogen-bond acceptors (Lipinski definition) is 6. The van der Waals surface area contributed by atoms with Gasteiger partial charge in [-0.05, 0) is 42.8 Å². The highest BCUT2D eigenvalue weighted by Gasteiger charge is 2.13. The molecule has 3 rings (SSSR count). The van der Waals surface area contributed by atoms with Crippen LogP contribution in [0.5, 0.6) is 11.5 Å². The van der Waals surface area contributed by atoms with Gasteiger partial charge in [-0.3, -0.25) is 9.69 Å². The third-order valence-electron chi connectivity index (χ3n) is 4.54. The monoisotopic (exact) mass is 465 g/mol. The maximum atomic E-state index is 12.0. The minimum absolute atomic E-state index is 0.164. The number of hydrogen-bond donors (Lipinski definition) is 1. The molecule has 7 nitrogen and oxygen atoms in total. The molecule has 31 heavy (non-hydrogen) atoms. The predicted octanol–water partition coefficient (Wildman–Crippen LogP) is 3.75. The lowest BCUT2D eigenvalue weighted by molar-refractivity contribution is -0.123. The van der Waals surface area contributed by atoms with E-state index in [1.807, 2.05) is 24.0 Å². The summed E-state index contributed by atoms with van der Waals surface area (Å²) in [6.45, 7) is 5.74. The number of carbonyl (C=O) groups is 1. The highest BCUT2D eigenvalue weighted by molar-refractivity contribution is 6.35. The van der Waals surface area contributed by atoms with E-state index >= 15 is 0 Å². The molecule has 0 aliphatic carbocycles. The van der Waals surface area contributed by atoms with Gasteiger partial charge in [0.1, 0.15) is 6.61 Å². The van der Waals surface area contributed by atoms with Crippen molar-refractivity contribution in [2.24, 2.45) is 5.10 Å². The van der Waals surface area contributed by atoms with Crippen LogP contribution < -0.4 is 14.9 Å². The molecule has 0 radical (unpaired) electrons. The van der Waals surface area contributed by atoms with Crippen molar-refractivity contribution in [3.63, 3.8) is 0 Å². The van der Waals surface area contributed by atoms with Crippen LogP contribution >= 0.6 is 23.2 Å². The van der Waals surface area contributed by atoms with Crippen molar-refractivity contribution in [2.75, 3.05) is 39.5 Å². The van der Waals surface area contributed by atoms with Crippen molar-refractivity contribution in [1.82, 2.24) is 10.3 Å². The van der Waals surface area contributed by atoms with Gasteiger partial charge in [0.05, 0.1) is 32.6 Å². The van der Waals surface area contributed by atoms with Gasteiger partial charge in [-0.1, -0.05) is 29.3 Å². The van der Waals surface area contributed by atoms with Gasteiger partial charge < -0.3 is 14.2 Å². The van der Waals surface area contributed by atoms with Crippen LogP contribution in [-0.2, 0) is 16.1 Å². The molecule has 1 N–H and O–H groups in total. The Labute approximate surface area is 191 Å². The summed E-state index contributed by atoms with van der Waals surface area (Å²) in [5.41, 5.74) is 4.14. The van der Waals surface area contributed by atoms with Crippen molar-refractivity contribution in [3.8, 4) is 11.5 Å². The van der Waals surface area contributed by atoms with E-state index in [2.05, 4.69) is 10.5 Å². The molecule has 1 fully saturated rings. The summed E-state index contributed by atoms with van der Waals surface area (Å²) in [4.78, 5) is 14.1. The lowest BCUT2D eigenvalue weighted by Gasteiger charge is -2.25. The van der Waals surface area contributed by atoms with Gasteiger partial charge in [0.2, 0.25) is 0 Å². The Hall–Kier alpha value is -2.32. The Morgan fingerprint density at radius 1 is 1.16 bits per heavy atom.